The molecule has 1 fully saturated rings. The van der Waals surface area contributed by atoms with Crippen molar-refractivity contribution in [1.82, 2.24) is 14.9 Å². The monoisotopic (exact) mass is 341 g/mol. The predicted octanol–water partition coefficient (Wildman–Crippen LogP) is 2.34. The summed E-state index contributed by atoms with van der Waals surface area (Å²) in [5, 5.41) is 3.45. The van der Waals surface area contributed by atoms with E-state index in [1.54, 1.807) is 0 Å². The van der Waals surface area contributed by atoms with Crippen LogP contribution >= 0.6 is 0 Å². The SMILES string of the molecule is CN(C)CCCNc1cc(N2CCOCC2)nc(-c2ccccc2)n1. The molecule has 1 aliphatic heterocycles. The number of benzene rings is 1. The van der Waals surface area contributed by atoms with Gasteiger partial charge >= 0.3 is 0 Å². The van der Waals surface area contributed by atoms with E-state index in [1.165, 1.54) is 0 Å². The number of ether oxygens (including phenoxy) is 1. The molecule has 0 spiro atoms. The zero-order valence-electron chi connectivity index (χ0n) is 15.1. The zero-order chi connectivity index (χ0) is 17.5. The second-order valence-electron chi connectivity index (χ2n) is 6.48. The Balaban J connectivity index is 1.80. The second kappa shape index (κ2) is 8.78. The van der Waals surface area contributed by atoms with Crippen LogP contribution in [0.4, 0.5) is 11.6 Å². The van der Waals surface area contributed by atoms with E-state index in [-0.39, 0.29) is 0 Å². The van der Waals surface area contributed by atoms with Crippen molar-refractivity contribution >= 4 is 11.6 Å². The van der Waals surface area contributed by atoms with Crippen LogP contribution in [0.15, 0.2) is 36.4 Å². The summed E-state index contributed by atoms with van der Waals surface area (Å²) < 4.78 is 5.46. The van der Waals surface area contributed by atoms with Gasteiger partial charge in [-0.2, -0.15) is 0 Å². The molecular weight excluding hydrogens is 314 g/mol. The average Bonchev–Trinajstić information content (AvgIpc) is 2.66. The minimum absolute atomic E-state index is 0.746. The molecule has 2 aromatic rings. The van der Waals surface area contributed by atoms with Gasteiger partial charge in [0.15, 0.2) is 5.82 Å². The van der Waals surface area contributed by atoms with Gasteiger partial charge < -0.3 is 19.9 Å². The van der Waals surface area contributed by atoms with E-state index in [9.17, 15) is 0 Å². The van der Waals surface area contributed by atoms with Crippen LogP contribution in [-0.4, -0.2) is 68.4 Å². The largest absolute Gasteiger partial charge is 0.378 e. The number of nitrogens with one attached hydrogen (secondary N) is 1. The molecule has 0 amide bonds. The standard InChI is InChI=1S/C19H27N5O/c1-23(2)10-6-9-20-17-15-18(24-11-13-25-14-12-24)22-19(21-17)16-7-4-3-5-8-16/h3-5,7-8,15H,6,9-14H2,1-2H3,(H,20,21,22). The summed E-state index contributed by atoms with van der Waals surface area (Å²) in [7, 11) is 4.18. The highest BCUT2D eigenvalue weighted by molar-refractivity contribution is 5.61. The first-order chi connectivity index (χ1) is 12.2. The van der Waals surface area contributed by atoms with Gasteiger partial charge in [-0.05, 0) is 27.1 Å². The van der Waals surface area contributed by atoms with Gasteiger partial charge in [-0.15, -0.1) is 0 Å². The molecule has 6 heteroatoms. The number of hydrogen-bond donors (Lipinski definition) is 1. The molecule has 1 aromatic heterocycles. The maximum atomic E-state index is 5.46. The van der Waals surface area contributed by atoms with E-state index in [0.29, 0.717) is 0 Å². The highest BCUT2D eigenvalue weighted by Gasteiger charge is 2.15. The summed E-state index contributed by atoms with van der Waals surface area (Å²) in [6.07, 6.45) is 1.07. The highest BCUT2D eigenvalue weighted by Crippen LogP contribution is 2.23. The molecular formula is C19H27N5O. The molecule has 0 bridgehead atoms. The van der Waals surface area contributed by atoms with Gasteiger partial charge in [-0.1, -0.05) is 30.3 Å². The van der Waals surface area contributed by atoms with E-state index in [4.69, 9.17) is 14.7 Å². The van der Waals surface area contributed by atoms with Crippen molar-refractivity contribution in [1.29, 1.82) is 0 Å². The smallest absolute Gasteiger partial charge is 0.163 e. The van der Waals surface area contributed by atoms with Crippen LogP contribution in [0.25, 0.3) is 11.4 Å². The maximum Gasteiger partial charge on any atom is 0.163 e. The summed E-state index contributed by atoms with van der Waals surface area (Å²) >= 11 is 0. The topological polar surface area (TPSA) is 53.5 Å². The second-order valence-corrected chi connectivity index (χ2v) is 6.48. The Morgan fingerprint density at radius 2 is 1.88 bits per heavy atom. The molecule has 1 saturated heterocycles. The molecule has 0 aliphatic carbocycles. The highest BCUT2D eigenvalue weighted by atomic mass is 16.5. The van der Waals surface area contributed by atoms with E-state index < -0.39 is 0 Å². The van der Waals surface area contributed by atoms with Crippen molar-refractivity contribution in [2.45, 2.75) is 6.42 Å². The zero-order valence-corrected chi connectivity index (χ0v) is 15.1. The lowest BCUT2D eigenvalue weighted by Crippen LogP contribution is -2.36. The Morgan fingerprint density at radius 3 is 2.60 bits per heavy atom. The Labute approximate surface area is 149 Å². The van der Waals surface area contributed by atoms with E-state index in [0.717, 1.165) is 68.8 Å². The third-order valence-electron chi connectivity index (χ3n) is 4.17. The number of rotatable bonds is 7. The van der Waals surface area contributed by atoms with Crippen LogP contribution in [0.3, 0.4) is 0 Å². The molecule has 0 unspecified atom stereocenters. The summed E-state index contributed by atoms with van der Waals surface area (Å²) in [6, 6.07) is 12.2. The number of hydrogen-bond acceptors (Lipinski definition) is 6. The van der Waals surface area contributed by atoms with E-state index in [1.807, 2.05) is 36.4 Å². The van der Waals surface area contributed by atoms with Crippen molar-refractivity contribution in [3.8, 4) is 11.4 Å². The molecule has 3 rings (SSSR count). The van der Waals surface area contributed by atoms with Crippen LogP contribution in [0.1, 0.15) is 6.42 Å². The van der Waals surface area contributed by atoms with Crippen molar-refractivity contribution < 1.29 is 4.74 Å². The van der Waals surface area contributed by atoms with Crippen LogP contribution in [0, 0.1) is 0 Å². The van der Waals surface area contributed by atoms with Crippen molar-refractivity contribution in [2.75, 3.05) is 63.7 Å². The number of anilines is 2. The molecule has 2 heterocycles. The van der Waals surface area contributed by atoms with Gasteiger partial charge in [0.1, 0.15) is 11.6 Å². The molecule has 1 aliphatic rings. The van der Waals surface area contributed by atoms with Gasteiger partial charge in [0.2, 0.25) is 0 Å². The normalized spacial score (nSPS) is 14.8. The minimum atomic E-state index is 0.746. The maximum absolute atomic E-state index is 5.46. The molecule has 0 atom stereocenters. The molecule has 6 nitrogen and oxygen atoms in total. The fourth-order valence-electron chi connectivity index (χ4n) is 2.81. The molecule has 1 N–H and O–H groups in total. The third-order valence-corrected chi connectivity index (χ3v) is 4.17. The van der Waals surface area contributed by atoms with Gasteiger partial charge in [-0.25, -0.2) is 9.97 Å². The lowest BCUT2D eigenvalue weighted by atomic mass is 10.2. The quantitative estimate of drug-likeness (QED) is 0.780. The summed E-state index contributed by atoms with van der Waals surface area (Å²) in [6.45, 7) is 5.18. The fraction of sp³-hybridized carbons (Fsp3) is 0.474. The molecule has 25 heavy (non-hydrogen) atoms. The Kier molecular flexibility index (Phi) is 6.19. The van der Waals surface area contributed by atoms with Crippen molar-refractivity contribution in [2.24, 2.45) is 0 Å². The Hall–Kier alpha value is -2.18. The van der Waals surface area contributed by atoms with Crippen LogP contribution < -0.4 is 10.2 Å². The fourth-order valence-corrected chi connectivity index (χ4v) is 2.81. The van der Waals surface area contributed by atoms with Crippen LogP contribution in [0.2, 0.25) is 0 Å². The first kappa shape index (κ1) is 17.6. The van der Waals surface area contributed by atoms with Gasteiger partial charge in [0, 0.05) is 31.3 Å². The molecule has 1 aromatic carbocycles. The Bertz CT molecular complexity index is 656. The lowest BCUT2D eigenvalue weighted by Gasteiger charge is -2.28. The van der Waals surface area contributed by atoms with Gasteiger partial charge in [-0.3, -0.25) is 0 Å². The summed E-state index contributed by atoms with van der Waals surface area (Å²) in [5.74, 6) is 2.61. The average molecular weight is 341 g/mol. The van der Waals surface area contributed by atoms with Gasteiger partial charge in [0.25, 0.3) is 0 Å². The summed E-state index contributed by atoms with van der Waals surface area (Å²) in [5.41, 5.74) is 1.04. The van der Waals surface area contributed by atoms with Crippen molar-refractivity contribution in [3.05, 3.63) is 36.4 Å². The van der Waals surface area contributed by atoms with E-state index >= 15 is 0 Å². The van der Waals surface area contributed by atoms with Gasteiger partial charge in [0.05, 0.1) is 13.2 Å². The molecule has 0 saturated carbocycles. The number of aromatic nitrogens is 2. The first-order valence-corrected chi connectivity index (χ1v) is 8.88. The van der Waals surface area contributed by atoms with Crippen molar-refractivity contribution in [3.63, 3.8) is 0 Å². The first-order valence-electron chi connectivity index (χ1n) is 8.88. The van der Waals surface area contributed by atoms with Crippen LogP contribution in [-0.2, 0) is 4.74 Å². The van der Waals surface area contributed by atoms with Crippen LogP contribution in [0.5, 0.6) is 0 Å². The predicted molar refractivity (Wildman–Crippen MR) is 102 cm³/mol. The summed E-state index contributed by atoms with van der Waals surface area (Å²) in [4.78, 5) is 14.0. The molecule has 0 radical (unpaired) electrons. The third kappa shape index (κ3) is 5.14. The number of nitrogens with zero attached hydrogens (tertiary/aromatic N) is 4. The minimum Gasteiger partial charge on any atom is -0.378 e. The van der Waals surface area contributed by atoms with E-state index in [2.05, 4.69) is 29.2 Å². The number of morpholine rings is 1. The molecule has 134 valence electrons. The lowest BCUT2D eigenvalue weighted by molar-refractivity contribution is 0.122. The Morgan fingerprint density at radius 1 is 1.12 bits per heavy atom.